The molecule has 0 unspecified atom stereocenters. The van der Waals surface area contributed by atoms with Gasteiger partial charge in [0, 0.05) is 11.3 Å². The molecule has 41 heavy (non-hydrogen) atoms. The molecule has 1 N–H and O–H groups in total. The molecule has 0 radical (unpaired) electrons. The van der Waals surface area contributed by atoms with Crippen molar-refractivity contribution in [2.45, 2.75) is 26.8 Å². The minimum absolute atomic E-state index is 0.123. The Morgan fingerprint density at radius 3 is 2.56 bits per heavy atom. The second-order valence-corrected chi connectivity index (χ2v) is 9.98. The minimum atomic E-state index is -0.937. The van der Waals surface area contributed by atoms with Gasteiger partial charge in [0.05, 0.1) is 43.2 Å². The number of allylic oxidation sites excluding steroid dienone is 1. The highest BCUT2D eigenvalue weighted by Gasteiger charge is 2.35. The zero-order valence-corrected chi connectivity index (χ0v) is 23.6. The number of esters is 2. The van der Waals surface area contributed by atoms with Gasteiger partial charge in [-0.2, -0.15) is 0 Å². The number of amides is 1. The molecular formula is C29H27N3O8S. The molecule has 1 aromatic heterocycles. The lowest BCUT2D eigenvalue weighted by molar-refractivity contribution is -0.143. The predicted octanol–water partition coefficient (Wildman–Crippen LogP) is 2.07. The van der Waals surface area contributed by atoms with Gasteiger partial charge in [0.15, 0.2) is 22.9 Å². The fraction of sp³-hybridized carbons (Fsp3) is 0.276. The number of hydrogen-bond donors (Lipinski definition) is 1. The molecule has 0 spiro atoms. The summed E-state index contributed by atoms with van der Waals surface area (Å²) in [6.45, 7) is 5.24. The maximum atomic E-state index is 14.1. The summed E-state index contributed by atoms with van der Waals surface area (Å²) in [5.41, 5.74) is 2.09. The molecule has 0 bridgehead atoms. The van der Waals surface area contributed by atoms with Crippen LogP contribution in [0, 0.1) is 0 Å². The summed E-state index contributed by atoms with van der Waals surface area (Å²) in [5, 5.41) is 2.80. The monoisotopic (exact) mass is 577 g/mol. The Hall–Kier alpha value is -4.71. The molecule has 3 heterocycles. The topological polar surface area (TPSA) is 135 Å². The second-order valence-electron chi connectivity index (χ2n) is 9.00. The highest BCUT2D eigenvalue weighted by molar-refractivity contribution is 7.07. The molecule has 3 aromatic rings. The Labute approximate surface area is 238 Å². The zero-order chi connectivity index (χ0) is 29.3. The number of thiazole rings is 1. The third kappa shape index (κ3) is 5.02. The lowest BCUT2D eigenvalue weighted by Gasteiger charge is -2.25. The number of benzene rings is 2. The van der Waals surface area contributed by atoms with E-state index in [0.29, 0.717) is 33.1 Å². The van der Waals surface area contributed by atoms with E-state index in [2.05, 4.69) is 15.0 Å². The van der Waals surface area contributed by atoms with E-state index in [1.807, 2.05) is 0 Å². The van der Waals surface area contributed by atoms with E-state index < -0.39 is 23.5 Å². The number of hydrogen-bond acceptors (Lipinski definition) is 10. The number of fused-ring (bicyclic) bond motifs is 2. The number of carbonyl (C=O) groups excluding carboxylic acids is 3. The van der Waals surface area contributed by atoms with E-state index in [0.717, 1.165) is 11.3 Å². The van der Waals surface area contributed by atoms with Crippen molar-refractivity contribution in [3.8, 4) is 11.5 Å². The van der Waals surface area contributed by atoms with Gasteiger partial charge < -0.3 is 24.3 Å². The van der Waals surface area contributed by atoms with Crippen LogP contribution in [0.4, 0.5) is 5.69 Å². The summed E-state index contributed by atoms with van der Waals surface area (Å²) in [4.78, 5) is 56.9. The number of carbonyl (C=O) groups is 3. The highest BCUT2D eigenvalue weighted by atomic mass is 32.1. The van der Waals surface area contributed by atoms with Gasteiger partial charge in [-0.25, -0.2) is 14.6 Å². The van der Waals surface area contributed by atoms with E-state index in [1.54, 1.807) is 63.2 Å². The van der Waals surface area contributed by atoms with Crippen molar-refractivity contribution in [1.29, 1.82) is 0 Å². The smallest absolute Gasteiger partial charge is 0.343 e. The molecule has 1 amide bonds. The third-order valence-corrected chi connectivity index (χ3v) is 7.60. The Morgan fingerprint density at radius 1 is 1.05 bits per heavy atom. The number of methoxy groups -OCH3 is 1. The maximum absolute atomic E-state index is 14.1. The molecule has 12 heteroatoms. The minimum Gasteiger partial charge on any atom is -0.490 e. The fourth-order valence-electron chi connectivity index (χ4n) is 4.78. The molecule has 11 nitrogen and oxygen atoms in total. The van der Waals surface area contributed by atoms with Gasteiger partial charge >= 0.3 is 11.9 Å². The van der Waals surface area contributed by atoms with Crippen molar-refractivity contribution in [2.24, 2.45) is 4.99 Å². The van der Waals surface area contributed by atoms with Crippen LogP contribution in [-0.2, 0) is 23.9 Å². The van der Waals surface area contributed by atoms with Crippen LogP contribution < -0.4 is 29.7 Å². The van der Waals surface area contributed by atoms with Gasteiger partial charge in [-0.15, -0.1) is 0 Å². The van der Waals surface area contributed by atoms with Crippen molar-refractivity contribution in [3.63, 3.8) is 0 Å². The van der Waals surface area contributed by atoms with Crippen molar-refractivity contribution in [2.75, 3.05) is 32.2 Å². The van der Waals surface area contributed by atoms with Crippen LogP contribution in [0.3, 0.4) is 0 Å². The molecule has 5 rings (SSSR count). The SMILES string of the molecule is CCOC(=O)C1=C(C)N=c2s/c(=C3\C(=O)Nc4ccccc43)c(=O)n2[C@@H]1c1ccc(OCC(=O)OC)c(OCC)c1. The Morgan fingerprint density at radius 2 is 1.83 bits per heavy atom. The number of aromatic nitrogens is 1. The van der Waals surface area contributed by atoms with Crippen LogP contribution in [-0.4, -0.2) is 49.3 Å². The van der Waals surface area contributed by atoms with Crippen LogP contribution in [0.5, 0.6) is 11.5 Å². The summed E-state index contributed by atoms with van der Waals surface area (Å²) in [6, 6.07) is 11.1. The van der Waals surface area contributed by atoms with Gasteiger partial charge in [0.2, 0.25) is 0 Å². The van der Waals surface area contributed by atoms with Crippen LogP contribution in [0.1, 0.15) is 37.9 Å². The van der Waals surface area contributed by atoms with Crippen LogP contribution in [0.2, 0.25) is 0 Å². The highest BCUT2D eigenvalue weighted by Crippen LogP contribution is 2.37. The van der Waals surface area contributed by atoms with Crippen molar-refractivity contribution >= 4 is 40.4 Å². The summed E-state index contributed by atoms with van der Waals surface area (Å²) < 4.78 is 23.0. The van der Waals surface area contributed by atoms with E-state index in [1.165, 1.54) is 11.7 Å². The molecule has 2 aliphatic heterocycles. The molecule has 2 aromatic carbocycles. The fourth-order valence-corrected chi connectivity index (χ4v) is 5.92. The van der Waals surface area contributed by atoms with Crippen LogP contribution in [0.25, 0.3) is 5.57 Å². The normalized spacial score (nSPS) is 16.8. The first-order chi connectivity index (χ1) is 19.8. The van der Waals surface area contributed by atoms with Crippen molar-refractivity contribution in [1.82, 2.24) is 4.57 Å². The van der Waals surface area contributed by atoms with Gasteiger partial charge in [-0.1, -0.05) is 35.6 Å². The molecule has 0 fully saturated rings. The Kier molecular flexibility index (Phi) is 7.75. The number of rotatable bonds is 8. The maximum Gasteiger partial charge on any atom is 0.343 e. The average molecular weight is 578 g/mol. The van der Waals surface area contributed by atoms with Gasteiger partial charge in [0.25, 0.3) is 11.5 Å². The number of nitrogens with one attached hydrogen (secondary N) is 1. The van der Waals surface area contributed by atoms with Gasteiger partial charge in [-0.3, -0.25) is 14.2 Å². The molecule has 2 aliphatic rings. The van der Waals surface area contributed by atoms with Crippen molar-refractivity contribution in [3.05, 3.63) is 84.5 Å². The number of ether oxygens (including phenoxy) is 4. The molecular weight excluding hydrogens is 550 g/mol. The third-order valence-electron chi connectivity index (χ3n) is 6.55. The van der Waals surface area contributed by atoms with E-state index in [-0.39, 0.29) is 47.2 Å². The Balaban J connectivity index is 1.73. The van der Waals surface area contributed by atoms with Crippen molar-refractivity contribution < 1.29 is 33.3 Å². The molecule has 1 atom stereocenters. The first-order valence-electron chi connectivity index (χ1n) is 12.9. The van der Waals surface area contributed by atoms with Crippen LogP contribution >= 0.6 is 11.3 Å². The summed E-state index contributed by atoms with van der Waals surface area (Å²) >= 11 is 1.08. The number of nitrogens with zero attached hydrogens (tertiary/aromatic N) is 2. The average Bonchev–Trinajstić information content (AvgIpc) is 3.46. The molecule has 0 saturated carbocycles. The summed E-state index contributed by atoms with van der Waals surface area (Å²) in [7, 11) is 1.26. The van der Waals surface area contributed by atoms with E-state index in [9.17, 15) is 19.2 Å². The van der Waals surface area contributed by atoms with Gasteiger partial charge in [0.1, 0.15) is 4.53 Å². The quantitative estimate of drug-likeness (QED) is 0.402. The zero-order valence-electron chi connectivity index (χ0n) is 22.8. The first-order valence-corrected chi connectivity index (χ1v) is 13.7. The Bertz CT molecular complexity index is 1790. The van der Waals surface area contributed by atoms with Crippen LogP contribution in [0.15, 0.2) is 63.5 Å². The predicted molar refractivity (Wildman–Crippen MR) is 150 cm³/mol. The number of para-hydroxylation sites is 1. The molecule has 0 aliphatic carbocycles. The number of anilines is 1. The second kappa shape index (κ2) is 11.4. The first kappa shape index (κ1) is 27.8. The van der Waals surface area contributed by atoms with Gasteiger partial charge in [-0.05, 0) is 44.5 Å². The molecule has 212 valence electrons. The standard InChI is InChI=1S/C29H27N3O8S/c1-5-38-20-13-16(11-12-19(20)40-14-21(33)37-4)24-22(28(36)39-6-2)15(3)30-29-32(24)27(35)25(41-29)23-17-9-7-8-10-18(17)31-26(23)34/h7-13,24H,5-6,14H2,1-4H3,(H,31,34)/b25-23-/t24-/m1/s1. The summed E-state index contributed by atoms with van der Waals surface area (Å²) in [6.07, 6.45) is 0. The summed E-state index contributed by atoms with van der Waals surface area (Å²) in [5.74, 6) is -0.982. The molecule has 0 saturated heterocycles. The van der Waals surface area contributed by atoms with E-state index >= 15 is 0 Å². The van der Waals surface area contributed by atoms with E-state index in [4.69, 9.17) is 14.2 Å². The largest absolute Gasteiger partial charge is 0.490 e. The lowest BCUT2D eigenvalue weighted by Crippen LogP contribution is -2.40. The lowest BCUT2D eigenvalue weighted by atomic mass is 9.95.